The minimum Gasteiger partial charge on any atom is -0.367 e. The van der Waals surface area contributed by atoms with E-state index in [0.717, 1.165) is 22.5 Å². The molecule has 3 aromatic rings. The monoisotopic (exact) mass is 422 g/mol. The van der Waals surface area contributed by atoms with Crippen LogP contribution in [0.15, 0.2) is 24.5 Å². The quantitative estimate of drug-likeness (QED) is 0.489. The Labute approximate surface area is 178 Å². The number of fused-ring (bicyclic) bond motifs is 3. The normalized spacial score (nSPS) is 11.9. The Kier molecular flexibility index (Phi) is 5.11. The van der Waals surface area contributed by atoms with E-state index in [1.165, 1.54) is 20.2 Å². The average Bonchev–Trinajstić information content (AvgIpc) is 3.13. The highest BCUT2D eigenvalue weighted by Gasteiger charge is 2.27. The maximum Gasteiger partial charge on any atom is 0.320 e. The van der Waals surface area contributed by atoms with E-state index in [4.69, 9.17) is 0 Å². The Morgan fingerprint density at radius 1 is 1.13 bits per heavy atom. The lowest BCUT2D eigenvalue weighted by Crippen LogP contribution is -2.26. The summed E-state index contributed by atoms with van der Waals surface area (Å²) in [5.41, 5.74) is 4.19. The van der Waals surface area contributed by atoms with Crippen LogP contribution in [0.25, 0.3) is 11.3 Å². The predicted molar refractivity (Wildman–Crippen MR) is 115 cm³/mol. The van der Waals surface area contributed by atoms with Crippen molar-refractivity contribution in [3.8, 4) is 11.3 Å². The second-order valence-electron chi connectivity index (χ2n) is 6.99. The van der Waals surface area contributed by atoms with Crippen LogP contribution in [0.1, 0.15) is 16.1 Å². The molecule has 0 aliphatic carbocycles. The van der Waals surface area contributed by atoms with E-state index >= 15 is 0 Å². The van der Waals surface area contributed by atoms with Gasteiger partial charge in [-0.1, -0.05) is 0 Å². The van der Waals surface area contributed by atoms with Gasteiger partial charge in [-0.2, -0.15) is 5.10 Å². The molecule has 0 aromatic carbocycles. The molecule has 0 unspecified atom stereocenters. The Bertz CT molecular complexity index is 1170. The van der Waals surface area contributed by atoms with Crippen molar-refractivity contribution in [2.45, 2.75) is 6.54 Å². The third-order valence-corrected chi connectivity index (χ3v) is 4.83. The number of aryl methyl sites for hydroxylation is 1. The number of nitrogens with zero attached hydrogens (tertiary/aromatic N) is 6. The molecule has 0 atom stereocenters. The maximum absolute atomic E-state index is 12.3. The molecule has 0 saturated heterocycles. The highest BCUT2D eigenvalue weighted by Crippen LogP contribution is 2.42. The van der Waals surface area contributed by atoms with Gasteiger partial charge in [0.25, 0.3) is 5.91 Å². The van der Waals surface area contributed by atoms with Crippen LogP contribution in [0.5, 0.6) is 0 Å². The summed E-state index contributed by atoms with van der Waals surface area (Å²) in [7, 11) is 6.84. The molecule has 1 aliphatic heterocycles. The van der Waals surface area contributed by atoms with Crippen LogP contribution in [0.3, 0.4) is 0 Å². The van der Waals surface area contributed by atoms with Crippen molar-refractivity contribution < 1.29 is 9.59 Å². The van der Waals surface area contributed by atoms with Gasteiger partial charge >= 0.3 is 6.03 Å². The predicted octanol–water partition coefficient (Wildman–Crippen LogP) is 1.08. The zero-order chi connectivity index (χ0) is 22.1. The third-order valence-electron chi connectivity index (χ3n) is 4.83. The smallest absolute Gasteiger partial charge is 0.320 e. The van der Waals surface area contributed by atoms with E-state index in [2.05, 4.69) is 46.4 Å². The first-order valence-corrected chi connectivity index (χ1v) is 9.49. The largest absolute Gasteiger partial charge is 0.367 e. The number of urea groups is 1. The molecule has 4 N–H and O–H groups in total. The molecule has 31 heavy (non-hydrogen) atoms. The molecule has 0 fully saturated rings. The van der Waals surface area contributed by atoms with E-state index < -0.39 is 11.9 Å². The summed E-state index contributed by atoms with van der Waals surface area (Å²) in [5, 5.41) is 23.2. The third kappa shape index (κ3) is 3.70. The molecule has 160 valence electrons. The number of anilines is 4. The summed E-state index contributed by atoms with van der Waals surface area (Å²) >= 11 is 0. The van der Waals surface area contributed by atoms with Crippen molar-refractivity contribution in [1.29, 1.82) is 0 Å². The standard InChI is InChI=1S/C19H22N10O2/c1-20-18(30)15-12(7-13(25-26-15)24-19(31)21-2)23-17-16-11(5-6-22-17)14-10(8-28(16)3)9-29(4)27-14/h5-7,9H,8H2,1-4H3,(H,20,30)(H3,21,22,23,24,25,31). The fraction of sp³-hybridized carbons (Fsp3) is 0.263. The van der Waals surface area contributed by atoms with Crippen molar-refractivity contribution in [2.24, 2.45) is 7.05 Å². The van der Waals surface area contributed by atoms with E-state index in [9.17, 15) is 9.59 Å². The minimum absolute atomic E-state index is 0.0707. The molecule has 0 bridgehead atoms. The fourth-order valence-electron chi connectivity index (χ4n) is 3.48. The van der Waals surface area contributed by atoms with Gasteiger partial charge in [0.05, 0.1) is 17.1 Å². The Hall–Kier alpha value is -4.22. The highest BCUT2D eigenvalue weighted by molar-refractivity contribution is 6.00. The van der Waals surface area contributed by atoms with Crippen LogP contribution in [-0.4, -0.2) is 58.0 Å². The lowest BCUT2D eigenvalue weighted by molar-refractivity contribution is 0.0958. The van der Waals surface area contributed by atoms with Crippen molar-refractivity contribution in [3.63, 3.8) is 0 Å². The van der Waals surface area contributed by atoms with Gasteiger partial charge in [0.15, 0.2) is 17.3 Å². The van der Waals surface area contributed by atoms with Crippen LogP contribution in [0, 0.1) is 0 Å². The van der Waals surface area contributed by atoms with Crippen LogP contribution >= 0.6 is 0 Å². The first-order chi connectivity index (χ1) is 14.9. The van der Waals surface area contributed by atoms with Gasteiger partial charge in [-0.15, -0.1) is 10.2 Å². The van der Waals surface area contributed by atoms with Crippen LogP contribution in [-0.2, 0) is 13.6 Å². The number of hydrogen-bond acceptors (Lipinski definition) is 8. The lowest BCUT2D eigenvalue weighted by atomic mass is 10.0. The Balaban J connectivity index is 1.78. The number of carbonyl (C=O) groups excluding carboxylic acids is 2. The summed E-state index contributed by atoms with van der Waals surface area (Å²) in [6, 6.07) is 2.99. The zero-order valence-electron chi connectivity index (χ0n) is 17.5. The number of aromatic nitrogens is 5. The van der Waals surface area contributed by atoms with Crippen molar-refractivity contribution in [3.05, 3.63) is 35.8 Å². The van der Waals surface area contributed by atoms with E-state index in [1.54, 1.807) is 10.9 Å². The number of rotatable bonds is 4. The molecular formula is C19H22N10O2. The van der Waals surface area contributed by atoms with Gasteiger partial charge in [-0.25, -0.2) is 9.78 Å². The highest BCUT2D eigenvalue weighted by atomic mass is 16.2. The average molecular weight is 422 g/mol. The van der Waals surface area contributed by atoms with Crippen LogP contribution in [0.2, 0.25) is 0 Å². The van der Waals surface area contributed by atoms with Gasteiger partial charge in [-0.05, 0) is 6.07 Å². The van der Waals surface area contributed by atoms with Gasteiger partial charge in [-0.3, -0.25) is 14.8 Å². The van der Waals surface area contributed by atoms with E-state index in [1.807, 2.05) is 26.4 Å². The number of nitrogens with one attached hydrogen (secondary N) is 4. The van der Waals surface area contributed by atoms with Crippen molar-refractivity contribution in [1.82, 2.24) is 35.6 Å². The second-order valence-corrected chi connectivity index (χ2v) is 6.99. The topological polar surface area (TPSA) is 142 Å². The summed E-state index contributed by atoms with van der Waals surface area (Å²) in [5.74, 6) is 0.284. The molecule has 4 rings (SSSR count). The summed E-state index contributed by atoms with van der Waals surface area (Å²) in [6.07, 6.45) is 3.67. The molecule has 0 saturated carbocycles. The van der Waals surface area contributed by atoms with Crippen molar-refractivity contribution in [2.75, 3.05) is 36.7 Å². The summed E-state index contributed by atoms with van der Waals surface area (Å²) < 4.78 is 1.79. The van der Waals surface area contributed by atoms with Crippen molar-refractivity contribution >= 4 is 34.9 Å². The Morgan fingerprint density at radius 3 is 2.68 bits per heavy atom. The SMILES string of the molecule is CNC(=O)Nc1cc(Nc2nccc3c2N(C)Cc2cn(C)nc2-3)c(C(=O)NC)nn1. The molecule has 3 amide bonds. The minimum atomic E-state index is -0.453. The molecule has 4 heterocycles. The van der Waals surface area contributed by atoms with Crippen LogP contribution in [0.4, 0.5) is 27.8 Å². The maximum atomic E-state index is 12.3. The Morgan fingerprint density at radius 2 is 1.94 bits per heavy atom. The summed E-state index contributed by atoms with van der Waals surface area (Å²) in [6.45, 7) is 0.664. The lowest BCUT2D eigenvalue weighted by Gasteiger charge is -2.28. The molecular weight excluding hydrogens is 400 g/mol. The molecule has 3 aromatic heterocycles. The van der Waals surface area contributed by atoms with Gasteiger partial charge in [0.1, 0.15) is 0 Å². The van der Waals surface area contributed by atoms with Gasteiger partial charge in [0, 0.05) is 64.3 Å². The number of carbonyl (C=O) groups is 2. The van der Waals surface area contributed by atoms with E-state index in [0.29, 0.717) is 18.1 Å². The number of hydrogen-bond donors (Lipinski definition) is 4. The molecule has 1 aliphatic rings. The van der Waals surface area contributed by atoms with E-state index in [-0.39, 0.29) is 11.5 Å². The van der Waals surface area contributed by atoms with Gasteiger partial charge < -0.3 is 20.9 Å². The first kappa shape index (κ1) is 20.1. The zero-order valence-corrected chi connectivity index (χ0v) is 17.5. The van der Waals surface area contributed by atoms with Crippen LogP contribution < -0.4 is 26.2 Å². The molecule has 12 heteroatoms. The first-order valence-electron chi connectivity index (χ1n) is 9.49. The van der Waals surface area contributed by atoms with Gasteiger partial charge in [0.2, 0.25) is 0 Å². The second kappa shape index (κ2) is 7.89. The number of pyridine rings is 1. The molecule has 0 radical (unpaired) electrons. The molecule has 0 spiro atoms. The molecule has 12 nitrogen and oxygen atoms in total. The fourth-order valence-corrected chi connectivity index (χ4v) is 3.48. The summed E-state index contributed by atoms with van der Waals surface area (Å²) in [4.78, 5) is 30.5. The number of amides is 3.